The normalized spacial score (nSPS) is 13.6. The maximum absolute atomic E-state index is 15.4. The summed E-state index contributed by atoms with van der Waals surface area (Å²) in [5.74, 6) is -5.98. The van der Waals surface area contributed by atoms with Crippen LogP contribution in [0.15, 0.2) is 41.2 Å². The monoisotopic (exact) mass is 1380 g/mol. The van der Waals surface area contributed by atoms with E-state index in [4.69, 9.17) is 54.8 Å². The average molecular weight is 1380 g/mol. The Kier molecular flexibility index (Phi) is 38.0. The molecule has 2 aliphatic heterocycles. The van der Waals surface area contributed by atoms with Gasteiger partial charge in [-0.15, -0.1) is 0 Å². The molecule has 7 N–H and O–H groups in total. The number of rotatable bonds is 49. The minimum Gasteiger partial charge on any atom is -0.472 e. The molecule has 33 heteroatoms. The molecule has 1 fully saturated rings. The molecule has 0 aliphatic carbocycles. The third-order valence-electron chi connectivity index (χ3n) is 16.4. The number of nitrogens with zero attached hydrogens (tertiary/aromatic N) is 10. The van der Waals surface area contributed by atoms with Crippen LogP contribution in [-0.4, -0.2) is 332 Å². The molecule has 0 unspecified atom stereocenters. The number of halogens is 1. The van der Waals surface area contributed by atoms with Gasteiger partial charge in [-0.05, 0) is 96.3 Å². The molecule has 3 heterocycles. The first-order valence-corrected chi connectivity index (χ1v) is 32.8. The molecule has 0 radical (unpaired) electrons. The Hall–Kier alpha value is -7.63. The summed E-state index contributed by atoms with van der Waals surface area (Å²) < 4.78 is 57.4. The van der Waals surface area contributed by atoms with Crippen LogP contribution in [0.2, 0.25) is 0 Å². The van der Waals surface area contributed by atoms with Gasteiger partial charge in [0, 0.05) is 113 Å². The third kappa shape index (κ3) is 28.0. The molecule has 32 nitrogen and oxygen atoms in total. The Labute approximate surface area is 568 Å². The van der Waals surface area contributed by atoms with Crippen molar-refractivity contribution in [3.05, 3.63) is 47.9 Å². The number of methoxy groups -OCH3 is 4. The van der Waals surface area contributed by atoms with E-state index in [-0.39, 0.29) is 98.0 Å². The third-order valence-corrected chi connectivity index (χ3v) is 16.4. The van der Waals surface area contributed by atoms with E-state index in [9.17, 15) is 42.7 Å². The van der Waals surface area contributed by atoms with Gasteiger partial charge < -0.3 is 104 Å². The second-order valence-corrected chi connectivity index (χ2v) is 23.6. The highest BCUT2D eigenvalue weighted by molar-refractivity contribution is 5.95. The second kappa shape index (κ2) is 45.0. The molecule has 0 saturated carbocycles. The fourth-order valence-electron chi connectivity index (χ4n) is 10.6. The van der Waals surface area contributed by atoms with Crippen molar-refractivity contribution < 1.29 is 89.9 Å². The van der Waals surface area contributed by atoms with Crippen molar-refractivity contribution >= 4 is 59.1 Å². The number of benzene rings is 1. The molecule has 2 aliphatic rings. The van der Waals surface area contributed by atoms with Gasteiger partial charge in [-0.25, -0.2) is 4.39 Å². The zero-order valence-electron chi connectivity index (χ0n) is 57.7. The lowest BCUT2D eigenvalue weighted by molar-refractivity contribution is -0.153. The molecule has 546 valence electrons. The van der Waals surface area contributed by atoms with E-state index in [0.29, 0.717) is 106 Å². The van der Waals surface area contributed by atoms with Crippen molar-refractivity contribution in [2.75, 3.05) is 206 Å². The van der Waals surface area contributed by atoms with Gasteiger partial charge in [-0.3, -0.25) is 52.8 Å². The number of hydrogen-bond acceptors (Lipinski definition) is 22. The number of amides is 10. The van der Waals surface area contributed by atoms with Gasteiger partial charge in [0.25, 0.3) is 0 Å². The van der Waals surface area contributed by atoms with E-state index in [1.165, 1.54) is 58.4 Å². The number of unbranched alkanes of at least 4 members (excludes halogenated alkanes) is 2. The zero-order valence-corrected chi connectivity index (χ0v) is 57.7. The fraction of sp³-hybridized carbons (Fsp3) is 0.688. The van der Waals surface area contributed by atoms with Crippen LogP contribution >= 0.6 is 0 Å². The SMILES string of the molecule is COCCCN[C@@H](C)C(=O)N(Cc1ccc2c(c1)OCO2)[C@@H](C)C(=O)N(CCN1CCOCC1)[C@H](C)C(=O)N(CCCCN)CC(=O)N(CCCCN)CC(=O)N(CCOC)CC(=O)N(CC(=O)N(CCOC)CC(=O)N(CF)CC(=O)N(CCOC)CC(N)=O)Cc1ccoc1. The van der Waals surface area contributed by atoms with Crippen LogP contribution in [0.1, 0.15) is 64.0 Å². The quantitative estimate of drug-likeness (QED) is 0.0416. The lowest BCUT2D eigenvalue weighted by atomic mass is 10.1. The van der Waals surface area contributed by atoms with Crippen molar-refractivity contribution in [1.29, 1.82) is 0 Å². The average Bonchev–Trinajstić information content (AvgIpc) is 1.39. The predicted molar refractivity (Wildman–Crippen MR) is 351 cm³/mol. The highest BCUT2D eigenvalue weighted by Crippen LogP contribution is 2.33. The number of nitrogens with two attached hydrogens (primary N) is 3. The molecule has 0 bridgehead atoms. The van der Waals surface area contributed by atoms with Gasteiger partial charge >= 0.3 is 0 Å². The Morgan fingerprint density at radius 1 is 0.536 bits per heavy atom. The molecule has 97 heavy (non-hydrogen) atoms. The predicted octanol–water partition coefficient (Wildman–Crippen LogP) is -1.88. The maximum Gasteiger partial charge on any atom is 0.245 e. The van der Waals surface area contributed by atoms with Crippen LogP contribution in [0.5, 0.6) is 11.5 Å². The van der Waals surface area contributed by atoms with Gasteiger partial charge in [0.1, 0.15) is 25.2 Å². The minimum atomic E-state index is -1.44. The van der Waals surface area contributed by atoms with Gasteiger partial charge in [0.15, 0.2) is 18.3 Å². The van der Waals surface area contributed by atoms with Crippen LogP contribution < -0.4 is 32.0 Å². The smallest absolute Gasteiger partial charge is 0.245 e. The highest BCUT2D eigenvalue weighted by atomic mass is 19.1. The van der Waals surface area contributed by atoms with E-state index in [2.05, 4.69) is 10.2 Å². The zero-order chi connectivity index (χ0) is 71.2. The molecular formula is C64H105FN14O18. The Bertz CT molecular complexity index is 2770. The summed E-state index contributed by atoms with van der Waals surface area (Å²) in [5, 5.41) is 3.25. The number of ether oxygens (including phenoxy) is 7. The van der Waals surface area contributed by atoms with Crippen molar-refractivity contribution in [2.24, 2.45) is 17.2 Å². The first-order valence-electron chi connectivity index (χ1n) is 32.8. The Morgan fingerprint density at radius 3 is 1.57 bits per heavy atom. The minimum absolute atomic E-state index is 0.00334. The lowest BCUT2D eigenvalue weighted by Gasteiger charge is -2.39. The summed E-state index contributed by atoms with van der Waals surface area (Å²) in [6, 6.07) is 3.79. The number of carbonyl (C=O) groups excluding carboxylic acids is 10. The first-order chi connectivity index (χ1) is 46.6. The topological polar surface area (TPSA) is 371 Å². The number of primary amides is 1. The summed E-state index contributed by atoms with van der Waals surface area (Å²) >= 11 is 0. The Balaban J connectivity index is 1.65. The highest BCUT2D eigenvalue weighted by Gasteiger charge is 2.39. The molecule has 0 spiro atoms. The molecule has 3 atom stereocenters. The van der Waals surface area contributed by atoms with Crippen LogP contribution in [-0.2, 0) is 84.7 Å². The second-order valence-electron chi connectivity index (χ2n) is 23.6. The molecule has 2 aromatic rings. The number of morpholine rings is 1. The molecule has 1 aromatic heterocycles. The number of furan rings is 1. The molecule has 4 rings (SSSR count). The van der Waals surface area contributed by atoms with Crippen molar-refractivity contribution in [1.82, 2.24) is 54.3 Å². The van der Waals surface area contributed by atoms with E-state index in [1.54, 1.807) is 52.1 Å². The number of fused-ring (bicyclic) bond motifs is 1. The number of hydrogen-bond donors (Lipinski definition) is 4. The van der Waals surface area contributed by atoms with Crippen molar-refractivity contribution in [2.45, 2.75) is 84.1 Å². The maximum atomic E-state index is 15.4. The van der Waals surface area contributed by atoms with Crippen LogP contribution in [0.3, 0.4) is 0 Å². The van der Waals surface area contributed by atoms with Crippen molar-refractivity contribution in [3.8, 4) is 11.5 Å². The van der Waals surface area contributed by atoms with Gasteiger partial charge in [-0.2, -0.15) is 0 Å². The fourth-order valence-corrected chi connectivity index (χ4v) is 10.6. The van der Waals surface area contributed by atoms with Gasteiger partial charge in [0.05, 0.1) is 84.3 Å². The summed E-state index contributed by atoms with van der Waals surface area (Å²) in [6.07, 6.45) is 4.97. The van der Waals surface area contributed by atoms with E-state index in [1.807, 2.05) is 0 Å². The molecular weight excluding hydrogens is 1270 g/mol. The first kappa shape index (κ1) is 81.8. The molecule has 1 aromatic carbocycles. The lowest BCUT2D eigenvalue weighted by Crippen LogP contribution is -2.59. The van der Waals surface area contributed by atoms with E-state index < -0.39 is 124 Å². The molecule has 10 amide bonds. The largest absolute Gasteiger partial charge is 0.472 e. The van der Waals surface area contributed by atoms with Gasteiger partial charge in [0.2, 0.25) is 65.9 Å². The standard InChI is InChI=1S/C64H105FN14O18/c1-48(69-18-12-28-90-4)62(87)79(37-51-13-14-53-54(35-51)97-47-96-53)50(3)64(89)78(22-21-70-23-33-94-34-24-70)49(2)63(88)75(20-11-9-17-67)42-57(82)71(19-10-8-16-66)39-56(81)73(26-31-92-6)40-60(85)76(36-52-15-29-95-45-52)43-58(83)74(27-32-93-7)41-61(86)77(46-65)44-59(84)72(25-30-91-5)38-55(68)80/h13-15,29,35,45,48-50,69H,8-12,16-28,30-34,36-44,46-47,66-67H2,1-7H3,(H2,68,80)/t48-,49+,50-/m0/s1. The summed E-state index contributed by atoms with van der Waals surface area (Å²) in [6.45, 7) is 2.14. The van der Waals surface area contributed by atoms with Crippen LogP contribution in [0.25, 0.3) is 0 Å². The van der Waals surface area contributed by atoms with E-state index in [0.717, 1.165) is 14.7 Å². The van der Waals surface area contributed by atoms with E-state index >= 15 is 9.59 Å². The molecule has 1 saturated heterocycles. The summed E-state index contributed by atoms with van der Waals surface area (Å²) in [7, 11) is 5.70. The van der Waals surface area contributed by atoms with Crippen LogP contribution in [0, 0.1) is 0 Å². The number of alkyl halides is 1. The number of nitrogens with one attached hydrogen (secondary N) is 1. The van der Waals surface area contributed by atoms with Crippen LogP contribution in [0.4, 0.5) is 4.39 Å². The summed E-state index contributed by atoms with van der Waals surface area (Å²) in [4.78, 5) is 155. The van der Waals surface area contributed by atoms with Gasteiger partial charge in [-0.1, -0.05) is 6.07 Å². The number of carbonyl (C=O) groups is 10. The Morgan fingerprint density at radius 2 is 1.03 bits per heavy atom. The summed E-state index contributed by atoms with van der Waals surface area (Å²) in [5.41, 5.74) is 18.3. The van der Waals surface area contributed by atoms with Crippen molar-refractivity contribution in [3.63, 3.8) is 0 Å².